The quantitative estimate of drug-likeness (QED) is 0.403. The number of aldehydes is 1. The Kier molecular flexibility index (Phi) is 2.82. The van der Waals surface area contributed by atoms with Crippen molar-refractivity contribution in [3.05, 3.63) is 29.3 Å². The minimum Gasteiger partial charge on any atom is -0.323 e. The van der Waals surface area contributed by atoms with E-state index in [1.807, 2.05) is 25.1 Å². The summed E-state index contributed by atoms with van der Waals surface area (Å²) in [4.78, 5) is 10.6. The first-order valence-electron chi connectivity index (χ1n) is 3.86. The minimum absolute atomic E-state index is 0.608. The van der Waals surface area contributed by atoms with Crippen molar-refractivity contribution >= 4 is 12.0 Å². The van der Waals surface area contributed by atoms with Gasteiger partial charge in [-0.05, 0) is 24.1 Å². The maximum atomic E-state index is 10.6. The number of hydrogen-bond acceptors (Lipinski definition) is 3. The number of rotatable bonds is 3. The van der Waals surface area contributed by atoms with Crippen molar-refractivity contribution in [1.82, 2.24) is 0 Å². The Morgan fingerprint density at radius 1 is 1.58 bits per heavy atom. The Morgan fingerprint density at radius 2 is 2.33 bits per heavy atom. The van der Waals surface area contributed by atoms with Gasteiger partial charge in [0.15, 0.2) is 6.29 Å². The number of anilines is 1. The van der Waals surface area contributed by atoms with E-state index in [1.165, 1.54) is 0 Å². The molecule has 0 aliphatic rings. The average Bonchev–Trinajstić information content (AvgIpc) is 2.16. The van der Waals surface area contributed by atoms with Gasteiger partial charge in [0, 0.05) is 5.56 Å². The molecule has 0 saturated carbocycles. The smallest absolute Gasteiger partial charge is 0.152 e. The highest BCUT2D eigenvalue weighted by atomic mass is 16.1. The van der Waals surface area contributed by atoms with Gasteiger partial charge in [-0.15, -0.1) is 0 Å². The molecule has 3 N–H and O–H groups in total. The second kappa shape index (κ2) is 3.88. The first kappa shape index (κ1) is 8.74. The molecule has 1 rings (SSSR count). The molecule has 64 valence electrons. The van der Waals surface area contributed by atoms with E-state index in [2.05, 4.69) is 5.43 Å². The molecular weight excluding hydrogens is 152 g/mol. The Morgan fingerprint density at radius 3 is 2.83 bits per heavy atom. The number of nitrogen functional groups attached to an aromatic ring is 1. The number of hydrazine groups is 1. The summed E-state index contributed by atoms with van der Waals surface area (Å²) in [6.07, 6.45) is 1.72. The van der Waals surface area contributed by atoms with Crippen molar-refractivity contribution in [2.75, 3.05) is 5.43 Å². The molecule has 0 heterocycles. The normalized spacial score (nSPS) is 9.50. The summed E-state index contributed by atoms with van der Waals surface area (Å²) in [5, 5.41) is 0. The zero-order valence-corrected chi connectivity index (χ0v) is 7.00. The van der Waals surface area contributed by atoms with Gasteiger partial charge in [0.1, 0.15) is 0 Å². The highest BCUT2D eigenvalue weighted by Gasteiger charge is 1.99. The fraction of sp³-hybridized carbons (Fsp3) is 0.222. The van der Waals surface area contributed by atoms with E-state index >= 15 is 0 Å². The first-order chi connectivity index (χ1) is 5.81. The molecule has 0 amide bonds. The van der Waals surface area contributed by atoms with Gasteiger partial charge < -0.3 is 5.43 Å². The molecule has 0 aromatic heterocycles. The maximum Gasteiger partial charge on any atom is 0.152 e. The fourth-order valence-electron chi connectivity index (χ4n) is 1.06. The summed E-state index contributed by atoms with van der Waals surface area (Å²) in [6, 6.07) is 5.59. The van der Waals surface area contributed by atoms with Crippen LogP contribution in [-0.2, 0) is 6.42 Å². The van der Waals surface area contributed by atoms with E-state index < -0.39 is 0 Å². The SMILES string of the molecule is CCc1ccc(NN)c(C=O)c1. The number of nitrogens with one attached hydrogen (secondary N) is 1. The Bertz CT molecular complexity index is 284. The lowest BCUT2D eigenvalue weighted by Crippen LogP contribution is -2.09. The molecule has 12 heavy (non-hydrogen) atoms. The van der Waals surface area contributed by atoms with Crippen LogP contribution in [0.2, 0.25) is 0 Å². The maximum absolute atomic E-state index is 10.6. The standard InChI is InChI=1S/C9H12N2O/c1-2-7-3-4-9(11-10)8(5-7)6-12/h3-6,11H,2,10H2,1H3. The Balaban J connectivity index is 3.10. The molecule has 0 unspecified atom stereocenters. The number of carbonyl (C=O) groups is 1. The van der Waals surface area contributed by atoms with Gasteiger partial charge in [-0.2, -0.15) is 0 Å². The first-order valence-corrected chi connectivity index (χ1v) is 3.86. The molecule has 0 aliphatic heterocycles. The summed E-state index contributed by atoms with van der Waals surface area (Å²) < 4.78 is 0. The highest BCUT2D eigenvalue weighted by molar-refractivity contribution is 5.84. The van der Waals surface area contributed by atoms with Gasteiger partial charge in [0.25, 0.3) is 0 Å². The van der Waals surface area contributed by atoms with Crippen LogP contribution in [0.25, 0.3) is 0 Å². The largest absolute Gasteiger partial charge is 0.323 e. The molecule has 0 spiro atoms. The molecule has 1 aromatic carbocycles. The molecular formula is C9H12N2O. The van der Waals surface area contributed by atoms with E-state index in [-0.39, 0.29) is 0 Å². The van der Waals surface area contributed by atoms with Crippen LogP contribution in [0.4, 0.5) is 5.69 Å². The van der Waals surface area contributed by atoms with E-state index in [0.717, 1.165) is 18.3 Å². The van der Waals surface area contributed by atoms with Gasteiger partial charge >= 0.3 is 0 Å². The topological polar surface area (TPSA) is 55.1 Å². The number of hydrogen-bond donors (Lipinski definition) is 2. The second-order valence-corrected chi connectivity index (χ2v) is 2.54. The second-order valence-electron chi connectivity index (χ2n) is 2.54. The summed E-state index contributed by atoms with van der Waals surface area (Å²) in [5.41, 5.74) is 4.88. The van der Waals surface area contributed by atoms with E-state index in [0.29, 0.717) is 11.3 Å². The molecule has 0 atom stereocenters. The lowest BCUT2D eigenvalue weighted by atomic mass is 10.1. The summed E-state index contributed by atoms with van der Waals surface area (Å²) >= 11 is 0. The molecule has 3 nitrogen and oxygen atoms in total. The highest BCUT2D eigenvalue weighted by Crippen LogP contribution is 2.14. The fourth-order valence-corrected chi connectivity index (χ4v) is 1.06. The summed E-state index contributed by atoms with van der Waals surface area (Å²) in [6.45, 7) is 2.04. The van der Waals surface area contributed by atoms with Crippen LogP contribution in [0.3, 0.4) is 0 Å². The van der Waals surface area contributed by atoms with Crippen molar-refractivity contribution in [2.24, 2.45) is 5.84 Å². The predicted octanol–water partition coefficient (Wildman–Crippen LogP) is 1.35. The average molecular weight is 164 g/mol. The van der Waals surface area contributed by atoms with Crippen LogP contribution >= 0.6 is 0 Å². The van der Waals surface area contributed by atoms with Gasteiger partial charge in [-0.25, -0.2) is 0 Å². The monoisotopic (exact) mass is 164 g/mol. The summed E-state index contributed by atoms with van der Waals surface area (Å²) in [5.74, 6) is 5.21. The van der Waals surface area contributed by atoms with Crippen molar-refractivity contribution in [2.45, 2.75) is 13.3 Å². The minimum atomic E-state index is 0.608. The molecule has 0 fully saturated rings. The third-order valence-electron chi connectivity index (χ3n) is 1.81. The molecule has 0 saturated heterocycles. The van der Waals surface area contributed by atoms with Crippen LogP contribution < -0.4 is 11.3 Å². The van der Waals surface area contributed by atoms with Gasteiger partial charge in [0.2, 0.25) is 0 Å². The Labute approximate surface area is 71.5 Å². The van der Waals surface area contributed by atoms with Crippen LogP contribution in [0.5, 0.6) is 0 Å². The number of aryl methyl sites for hydroxylation is 1. The molecule has 0 aliphatic carbocycles. The van der Waals surface area contributed by atoms with Crippen LogP contribution in [-0.4, -0.2) is 6.29 Å². The van der Waals surface area contributed by atoms with Crippen molar-refractivity contribution in [1.29, 1.82) is 0 Å². The zero-order chi connectivity index (χ0) is 8.97. The number of benzene rings is 1. The van der Waals surface area contributed by atoms with Crippen molar-refractivity contribution in [3.63, 3.8) is 0 Å². The molecule has 3 heteroatoms. The lowest BCUT2D eigenvalue weighted by Gasteiger charge is -2.04. The van der Waals surface area contributed by atoms with Gasteiger partial charge in [-0.1, -0.05) is 13.0 Å². The third kappa shape index (κ3) is 1.62. The number of nitrogens with two attached hydrogens (primary N) is 1. The molecule has 1 aromatic rings. The molecule has 0 bridgehead atoms. The van der Waals surface area contributed by atoms with Gasteiger partial charge in [0.05, 0.1) is 5.69 Å². The van der Waals surface area contributed by atoms with Crippen LogP contribution in [0.15, 0.2) is 18.2 Å². The van der Waals surface area contributed by atoms with Crippen molar-refractivity contribution < 1.29 is 4.79 Å². The van der Waals surface area contributed by atoms with E-state index in [1.54, 1.807) is 0 Å². The lowest BCUT2D eigenvalue weighted by molar-refractivity contribution is 0.112. The number of carbonyl (C=O) groups excluding carboxylic acids is 1. The van der Waals surface area contributed by atoms with E-state index in [9.17, 15) is 4.79 Å². The van der Waals surface area contributed by atoms with Gasteiger partial charge in [-0.3, -0.25) is 10.6 Å². The third-order valence-corrected chi connectivity index (χ3v) is 1.81. The van der Waals surface area contributed by atoms with Crippen molar-refractivity contribution in [3.8, 4) is 0 Å². The van der Waals surface area contributed by atoms with E-state index in [4.69, 9.17) is 5.84 Å². The molecule has 0 radical (unpaired) electrons. The summed E-state index contributed by atoms with van der Waals surface area (Å²) in [7, 11) is 0. The Hall–Kier alpha value is -1.35. The van der Waals surface area contributed by atoms with Crippen LogP contribution in [0.1, 0.15) is 22.8 Å². The zero-order valence-electron chi connectivity index (χ0n) is 7.00. The predicted molar refractivity (Wildman–Crippen MR) is 49.0 cm³/mol. The van der Waals surface area contributed by atoms with Crippen LogP contribution in [0, 0.1) is 0 Å².